The van der Waals surface area contributed by atoms with Gasteiger partial charge in [0.2, 0.25) is 0 Å². The molecule has 1 fully saturated rings. The van der Waals surface area contributed by atoms with E-state index >= 15 is 0 Å². The molecule has 0 aromatic heterocycles. The number of benzene rings is 2. The summed E-state index contributed by atoms with van der Waals surface area (Å²) in [5.74, 6) is -0.0225. The van der Waals surface area contributed by atoms with Crippen LogP contribution in [-0.4, -0.2) is 24.5 Å². The number of hydrogen-bond acceptors (Lipinski definition) is 4. The molecule has 0 bridgehead atoms. The monoisotopic (exact) mass is 394 g/mol. The van der Waals surface area contributed by atoms with Crippen LogP contribution in [0.3, 0.4) is 0 Å². The number of para-hydroxylation sites is 1. The van der Waals surface area contributed by atoms with Gasteiger partial charge in [0, 0.05) is 11.7 Å². The zero-order valence-electron chi connectivity index (χ0n) is 17.5. The average Bonchev–Trinajstić information content (AvgIpc) is 2.72. The van der Waals surface area contributed by atoms with Gasteiger partial charge in [-0.3, -0.25) is 4.79 Å². The van der Waals surface area contributed by atoms with Gasteiger partial charge in [-0.05, 0) is 74.8 Å². The van der Waals surface area contributed by atoms with Gasteiger partial charge in [-0.25, -0.2) is 4.79 Å². The van der Waals surface area contributed by atoms with Crippen LogP contribution in [0.1, 0.15) is 54.1 Å². The SMILES string of the molecule is Cc1cccc(Nc2ccccc2C(=O)OCC(=O)NC2CCC(C)CC2)c1C. The molecule has 0 radical (unpaired) electrons. The average molecular weight is 395 g/mol. The van der Waals surface area contributed by atoms with Crippen LogP contribution in [0, 0.1) is 19.8 Å². The van der Waals surface area contributed by atoms with Crippen LogP contribution in [0.4, 0.5) is 11.4 Å². The summed E-state index contributed by atoms with van der Waals surface area (Å²) in [6, 6.07) is 13.4. The summed E-state index contributed by atoms with van der Waals surface area (Å²) in [4.78, 5) is 24.8. The van der Waals surface area contributed by atoms with E-state index < -0.39 is 5.97 Å². The predicted molar refractivity (Wildman–Crippen MR) is 115 cm³/mol. The molecule has 5 heteroatoms. The molecule has 29 heavy (non-hydrogen) atoms. The zero-order chi connectivity index (χ0) is 20.8. The van der Waals surface area contributed by atoms with Crippen molar-refractivity contribution in [3.05, 3.63) is 59.2 Å². The predicted octanol–water partition coefficient (Wildman–Crippen LogP) is 4.90. The first-order chi connectivity index (χ1) is 13.9. The Morgan fingerprint density at radius 3 is 2.41 bits per heavy atom. The van der Waals surface area contributed by atoms with Crippen LogP contribution in [0.25, 0.3) is 0 Å². The minimum absolute atomic E-state index is 0.190. The maximum atomic E-state index is 12.6. The van der Waals surface area contributed by atoms with Crippen molar-refractivity contribution in [2.75, 3.05) is 11.9 Å². The van der Waals surface area contributed by atoms with Gasteiger partial charge in [-0.15, -0.1) is 0 Å². The molecule has 3 rings (SSSR count). The molecule has 0 spiro atoms. The van der Waals surface area contributed by atoms with Gasteiger partial charge >= 0.3 is 5.97 Å². The zero-order valence-corrected chi connectivity index (χ0v) is 17.5. The molecule has 0 aliphatic heterocycles. The molecule has 2 N–H and O–H groups in total. The second-order valence-corrected chi connectivity index (χ2v) is 8.02. The lowest BCUT2D eigenvalue weighted by molar-refractivity contribution is -0.125. The van der Waals surface area contributed by atoms with Crippen molar-refractivity contribution in [3.63, 3.8) is 0 Å². The molecular formula is C24H30N2O3. The maximum Gasteiger partial charge on any atom is 0.340 e. The lowest BCUT2D eigenvalue weighted by atomic mass is 9.87. The summed E-state index contributed by atoms with van der Waals surface area (Å²) in [5.41, 5.74) is 4.30. The van der Waals surface area contributed by atoms with E-state index in [1.54, 1.807) is 12.1 Å². The third-order valence-electron chi connectivity index (χ3n) is 5.74. The highest BCUT2D eigenvalue weighted by atomic mass is 16.5. The highest BCUT2D eigenvalue weighted by molar-refractivity contribution is 5.97. The van der Waals surface area contributed by atoms with Crippen LogP contribution in [0.5, 0.6) is 0 Å². The molecule has 1 saturated carbocycles. The normalized spacial score (nSPS) is 18.7. The molecule has 1 amide bonds. The topological polar surface area (TPSA) is 67.4 Å². The molecule has 2 aromatic carbocycles. The fourth-order valence-corrected chi connectivity index (χ4v) is 3.68. The smallest absolute Gasteiger partial charge is 0.340 e. The molecule has 0 saturated heterocycles. The molecule has 5 nitrogen and oxygen atoms in total. The molecule has 1 aliphatic carbocycles. The number of hydrogen-bond donors (Lipinski definition) is 2. The number of nitrogens with one attached hydrogen (secondary N) is 2. The number of aryl methyl sites for hydroxylation is 1. The largest absolute Gasteiger partial charge is 0.452 e. The molecule has 0 atom stereocenters. The Morgan fingerprint density at radius 2 is 1.66 bits per heavy atom. The van der Waals surface area contributed by atoms with Crippen LogP contribution < -0.4 is 10.6 Å². The number of ether oxygens (including phenoxy) is 1. The summed E-state index contributed by atoms with van der Waals surface area (Å²) in [5, 5.41) is 6.30. The summed E-state index contributed by atoms with van der Waals surface area (Å²) in [6.07, 6.45) is 4.23. The molecule has 154 valence electrons. The Labute approximate surface area is 172 Å². The molecule has 1 aliphatic rings. The summed E-state index contributed by atoms with van der Waals surface area (Å²) >= 11 is 0. The van der Waals surface area contributed by atoms with Gasteiger partial charge in [0.1, 0.15) is 0 Å². The minimum Gasteiger partial charge on any atom is -0.452 e. The van der Waals surface area contributed by atoms with E-state index in [0.29, 0.717) is 11.3 Å². The molecule has 2 aromatic rings. The summed E-state index contributed by atoms with van der Waals surface area (Å²) < 4.78 is 5.29. The van der Waals surface area contributed by atoms with Crippen molar-refractivity contribution >= 4 is 23.3 Å². The first-order valence-electron chi connectivity index (χ1n) is 10.3. The maximum absolute atomic E-state index is 12.6. The van der Waals surface area contributed by atoms with Gasteiger partial charge in [0.25, 0.3) is 5.91 Å². The minimum atomic E-state index is -0.508. The molecule has 0 unspecified atom stereocenters. The van der Waals surface area contributed by atoms with Crippen LogP contribution in [0.15, 0.2) is 42.5 Å². The van der Waals surface area contributed by atoms with Crippen molar-refractivity contribution in [2.45, 2.75) is 52.5 Å². The van der Waals surface area contributed by atoms with E-state index in [1.807, 2.05) is 44.2 Å². The molecule has 0 heterocycles. The van der Waals surface area contributed by atoms with Gasteiger partial charge in [-0.1, -0.05) is 31.2 Å². The first kappa shape index (κ1) is 20.9. The van der Waals surface area contributed by atoms with Crippen LogP contribution in [-0.2, 0) is 9.53 Å². The Kier molecular flexibility index (Phi) is 6.91. The third-order valence-corrected chi connectivity index (χ3v) is 5.74. The summed E-state index contributed by atoms with van der Waals surface area (Å²) in [7, 11) is 0. The van der Waals surface area contributed by atoms with Crippen molar-refractivity contribution in [1.82, 2.24) is 5.32 Å². The third kappa shape index (κ3) is 5.59. The number of esters is 1. The Balaban J connectivity index is 1.59. The Bertz CT molecular complexity index is 870. The standard InChI is InChI=1S/C24H30N2O3/c1-16-11-13-19(14-12-16)25-23(27)15-29-24(28)20-8-4-5-9-22(20)26-21-10-6-7-17(2)18(21)3/h4-10,16,19,26H,11-15H2,1-3H3,(H,25,27). The second-order valence-electron chi connectivity index (χ2n) is 8.02. The Hall–Kier alpha value is -2.82. The van der Waals surface area contributed by atoms with Gasteiger partial charge in [0.15, 0.2) is 6.61 Å². The lowest BCUT2D eigenvalue weighted by Gasteiger charge is -2.26. The second kappa shape index (κ2) is 9.59. The first-order valence-corrected chi connectivity index (χ1v) is 10.3. The van der Waals surface area contributed by atoms with Gasteiger partial charge in [-0.2, -0.15) is 0 Å². The number of carbonyl (C=O) groups is 2. The quantitative estimate of drug-likeness (QED) is 0.684. The van der Waals surface area contributed by atoms with Crippen molar-refractivity contribution in [3.8, 4) is 0 Å². The fourth-order valence-electron chi connectivity index (χ4n) is 3.68. The van der Waals surface area contributed by atoms with E-state index in [1.165, 1.54) is 5.56 Å². The number of rotatable bonds is 6. The highest BCUT2D eigenvalue weighted by Crippen LogP contribution is 2.26. The van der Waals surface area contributed by atoms with E-state index in [9.17, 15) is 9.59 Å². The summed E-state index contributed by atoms with van der Waals surface area (Å²) in [6.45, 7) is 6.06. The van der Waals surface area contributed by atoms with Crippen molar-refractivity contribution in [2.24, 2.45) is 5.92 Å². The van der Waals surface area contributed by atoms with Crippen LogP contribution >= 0.6 is 0 Å². The van der Waals surface area contributed by atoms with Gasteiger partial charge in [0.05, 0.1) is 11.3 Å². The Morgan fingerprint density at radius 1 is 0.966 bits per heavy atom. The number of anilines is 2. The number of amides is 1. The fraction of sp³-hybridized carbons (Fsp3) is 0.417. The van der Waals surface area contributed by atoms with E-state index in [2.05, 4.69) is 17.6 Å². The highest BCUT2D eigenvalue weighted by Gasteiger charge is 2.21. The van der Waals surface area contributed by atoms with Crippen molar-refractivity contribution < 1.29 is 14.3 Å². The number of carbonyl (C=O) groups excluding carboxylic acids is 2. The van der Waals surface area contributed by atoms with E-state index in [-0.39, 0.29) is 18.6 Å². The van der Waals surface area contributed by atoms with Gasteiger partial charge < -0.3 is 15.4 Å². The lowest BCUT2D eigenvalue weighted by Crippen LogP contribution is -2.39. The van der Waals surface area contributed by atoms with Crippen molar-refractivity contribution in [1.29, 1.82) is 0 Å². The van der Waals surface area contributed by atoms with E-state index in [0.717, 1.165) is 42.9 Å². The molecular weight excluding hydrogens is 364 g/mol. The van der Waals surface area contributed by atoms with Crippen LogP contribution in [0.2, 0.25) is 0 Å². The van der Waals surface area contributed by atoms with E-state index in [4.69, 9.17) is 4.74 Å².